The van der Waals surface area contributed by atoms with Gasteiger partial charge in [0.05, 0.1) is 11.7 Å². The van der Waals surface area contributed by atoms with Gasteiger partial charge in [0.1, 0.15) is 9.84 Å². The van der Waals surface area contributed by atoms with Gasteiger partial charge in [-0.2, -0.15) is 0 Å². The van der Waals surface area contributed by atoms with Crippen molar-refractivity contribution in [3.05, 3.63) is 0 Å². The van der Waals surface area contributed by atoms with Crippen LogP contribution in [0, 0.1) is 5.92 Å². The van der Waals surface area contributed by atoms with Crippen molar-refractivity contribution in [1.29, 1.82) is 0 Å². The van der Waals surface area contributed by atoms with Gasteiger partial charge in [-0.15, -0.1) is 0 Å². The third kappa shape index (κ3) is 5.48. The topological polar surface area (TPSA) is 101 Å². The van der Waals surface area contributed by atoms with Gasteiger partial charge in [0.15, 0.2) is 0 Å². The normalized spacial score (nSPS) is 24.5. The van der Waals surface area contributed by atoms with Gasteiger partial charge in [-0.05, 0) is 19.3 Å². The molecule has 7 heteroatoms. The number of hydrogen-bond acceptors (Lipinski definition) is 4. The van der Waals surface area contributed by atoms with Crippen molar-refractivity contribution in [3.8, 4) is 0 Å². The maximum atomic E-state index is 11.5. The molecule has 1 aliphatic carbocycles. The van der Waals surface area contributed by atoms with Crippen molar-refractivity contribution >= 4 is 21.7 Å². The van der Waals surface area contributed by atoms with E-state index in [1.165, 1.54) is 0 Å². The first kappa shape index (κ1) is 14.9. The second kappa shape index (κ2) is 6.17. The van der Waals surface area contributed by atoms with Crippen LogP contribution in [0.5, 0.6) is 0 Å². The number of carbonyl (C=O) groups is 2. The van der Waals surface area contributed by atoms with Crippen LogP contribution in [-0.4, -0.2) is 43.5 Å². The van der Waals surface area contributed by atoms with Crippen molar-refractivity contribution in [3.63, 3.8) is 0 Å². The summed E-state index contributed by atoms with van der Waals surface area (Å²) in [7, 11) is -3.14. The third-order valence-corrected chi connectivity index (χ3v) is 4.03. The third-order valence-electron chi connectivity index (χ3n) is 3.09. The monoisotopic (exact) mass is 277 g/mol. The number of sulfone groups is 1. The molecule has 0 radical (unpaired) electrons. The van der Waals surface area contributed by atoms with E-state index in [-0.39, 0.29) is 24.1 Å². The molecule has 0 aromatic rings. The Morgan fingerprint density at radius 1 is 1.33 bits per heavy atom. The minimum Gasteiger partial charge on any atom is -0.481 e. The summed E-state index contributed by atoms with van der Waals surface area (Å²) in [6.07, 6.45) is 3.63. The van der Waals surface area contributed by atoms with E-state index < -0.39 is 21.7 Å². The predicted octanol–water partition coefficient (Wildman–Crippen LogP) is 0.181. The molecule has 6 nitrogen and oxygen atoms in total. The molecule has 2 N–H and O–H groups in total. The molecule has 1 aliphatic rings. The fourth-order valence-corrected chi connectivity index (χ4v) is 2.68. The molecule has 1 fully saturated rings. The fraction of sp³-hybridized carbons (Fsp3) is 0.818. The quantitative estimate of drug-likeness (QED) is 0.746. The summed E-state index contributed by atoms with van der Waals surface area (Å²) in [5, 5.41) is 11.6. The number of hydrogen-bond donors (Lipinski definition) is 2. The lowest BCUT2D eigenvalue weighted by molar-refractivity contribution is -0.143. The zero-order valence-corrected chi connectivity index (χ0v) is 11.2. The maximum absolute atomic E-state index is 11.5. The largest absolute Gasteiger partial charge is 0.481 e. The summed E-state index contributed by atoms with van der Waals surface area (Å²) < 4.78 is 21.8. The first-order valence-electron chi connectivity index (χ1n) is 5.98. The molecule has 0 saturated heterocycles. The average molecular weight is 277 g/mol. The van der Waals surface area contributed by atoms with Crippen molar-refractivity contribution < 1.29 is 23.1 Å². The summed E-state index contributed by atoms with van der Waals surface area (Å²) in [6.45, 7) is 0. The Hall–Kier alpha value is -1.11. The van der Waals surface area contributed by atoms with Crippen molar-refractivity contribution in [2.75, 3.05) is 12.0 Å². The lowest BCUT2D eigenvalue weighted by Crippen LogP contribution is -2.40. The van der Waals surface area contributed by atoms with Crippen LogP contribution in [0.4, 0.5) is 0 Å². The molecule has 1 rings (SSSR count). The summed E-state index contributed by atoms with van der Waals surface area (Å²) >= 11 is 0. The van der Waals surface area contributed by atoms with Gasteiger partial charge < -0.3 is 10.4 Å². The lowest BCUT2D eigenvalue weighted by Gasteiger charge is -2.27. The molecule has 0 heterocycles. The van der Waals surface area contributed by atoms with Crippen LogP contribution in [0.1, 0.15) is 32.1 Å². The van der Waals surface area contributed by atoms with E-state index in [9.17, 15) is 18.0 Å². The highest BCUT2D eigenvalue weighted by Gasteiger charge is 2.27. The van der Waals surface area contributed by atoms with Gasteiger partial charge in [-0.1, -0.05) is 6.42 Å². The van der Waals surface area contributed by atoms with Crippen LogP contribution in [0.25, 0.3) is 0 Å². The van der Waals surface area contributed by atoms with Gasteiger partial charge in [-0.3, -0.25) is 9.59 Å². The molecule has 18 heavy (non-hydrogen) atoms. The predicted molar refractivity (Wildman–Crippen MR) is 65.9 cm³/mol. The first-order valence-corrected chi connectivity index (χ1v) is 8.04. The van der Waals surface area contributed by atoms with Crippen LogP contribution in [0.3, 0.4) is 0 Å². The molecular weight excluding hydrogens is 258 g/mol. The molecule has 104 valence electrons. The molecular formula is C11H19NO5S. The lowest BCUT2D eigenvalue weighted by atomic mass is 9.86. The average Bonchev–Trinajstić information content (AvgIpc) is 2.26. The van der Waals surface area contributed by atoms with Gasteiger partial charge in [0, 0.05) is 18.7 Å². The van der Waals surface area contributed by atoms with Gasteiger partial charge in [-0.25, -0.2) is 8.42 Å². The summed E-state index contributed by atoms with van der Waals surface area (Å²) in [5.74, 6) is -1.73. The van der Waals surface area contributed by atoms with Crippen molar-refractivity contribution in [2.24, 2.45) is 5.92 Å². The Balaban J connectivity index is 2.38. The van der Waals surface area contributed by atoms with E-state index in [0.29, 0.717) is 12.8 Å². The molecule has 2 atom stereocenters. The summed E-state index contributed by atoms with van der Waals surface area (Å²) in [6, 6.07) is -0.146. The number of carbonyl (C=O) groups excluding carboxylic acids is 1. The summed E-state index contributed by atoms with van der Waals surface area (Å²) in [4.78, 5) is 22.4. The Bertz CT molecular complexity index is 417. The Morgan fingerprint density at radius 2 is 2.00 bits per heavy atom. The van der Waals surface area contributed by atoms with E-state index in [0.717, 1.165) is 19.1 Å². The van der Waals surface area contributed by atoms with Crippen LogP contribution in [-0.2, 0) is 19.4 Å². The van der Waals surface area contributed by atoms with Gasteiger partial charge >= 0.3 is 5.97 Å². The number of nitrogens with one attached hydrogen (secondary N) is 1. The first-order chi connectivity index (χ1) is 8.28. The van der Waals surface area contributed by atoms with Crippen LogP contribution >= 0.6 is 0 Å². The molecule has 2 unspecified atom stereocenters. The molecule has 0 spiro atoms. The molecule has 0 aromatic heterocycles. The second-order valence-electron chi connectivity index (χ2n) is 4.85. The van der Waals surface area contributed by atoms with E-state index >= 15 is 0 Å². The number of rotatable bonds is 5. The fourth-order valence-electron chi connectivity index (χ4n) is 2.12. The SMILES string of the molecule is CS(=O)(=O)CCC(=O)NC1CCCC(C(=O)O)C1. The van der Waals surface area contributed by atoms with E-state index in [4.69, 9.17) is 5.11 Å². The zero-order valence-electron chi connectivity index (χ0n) is 10.4. The minimum absolute atomic E-state index is 0.0624. The van der Waals surface area contributed by atoms with E-state index in [1.807, 2.05) is 0 Å². The summed E-state index contributed by atoms with van der Waals surface area (Å²) in [5.41, 5.74) is 0. The molecule has 0 bridgehead atoms. The number of carboxylic acids is 1. The Labute approximate surface area is 107 Å². The van der Waals surface area contributed by atoms with Crippen LogP contribution in [0.15, 0.2) is 0 Å². The van der Waals surface area contributed by atoms with E-state index in [2.05, 4.69) is 5.32 Å². The van der Waals surface area contributed by atoms with Crippen LogP contribution < -0.4 is 5.32 Å². The molecule has 0 aliphatic heterocycles. The van der Waals surface area contributed by atoms with Crippen molar-refractivity contribution in [1.82, 2.24) is 5.32 Å². The van der Waals surface area contributed by atoms with Crippen LogP contribution in [0.2, 0.25) is 0 Å². The second-order valence-corrected chi connectivity index (χ2v) is 7.11. The van der Waals surface area contributed by atoms with Gasteiger partial charge in [0.25, 0.3) is 0 Å². The van der Waals surface area contributed by atoms with E-state index in [1.54, 1.807) is 0 Å². The number of amides is 1. The van der Waals surface area contributed by atoms with Crippen molar-refractivity contribution in [2.45, 2.75) is 38.1 Å². The Morgan fingerprint density at radius 3 is 2.56 bits per heavy atom. The molecule has 1 amide bonds. The number of aliphatic carboxylic acids is 1. The maximum Gasteiger partial charge on any atom is 0.306 e. The Kier molecular flexibility index (Phi) is 5.13. The highest BCUT2D eigenvalue weighted by molar-refractivity contribution is 7.90. The number of carboxylic acid groups (broad SMARTS) is 1. The standard InChI is InChI=1S/C11H19NO5S/c1-18(16,17)6-5-10(13)12-9-4-2-3-8(7-9)11(14)15/h8-9H,2-7H2,1H3,(H,12,13)(H,14,15). The zero-order chi connectivity index (χ0) is 13.8. The minimum atomic E-state index is -3.14. The smallest absolute Gasteiger partial charge is 0.306 e. The van der Waals surface area contributed by atoms with Gasteiger partial charge in [0.2, 0.25) is 5.91 Å². The highest BCUT2D eigenvalue weighted by atomic mass is 32.2. The molecule has 0 aromatic carbocycles. The molecule has 1 saturated carbocycles. The highest BCUT2D eigenvalue weighted by Crippen LogP contribution is 2.24.